The Balaban J connectivity index is 1.76. The highest BCUT2D eigenvalue weighted by Gasteiger charge is 2.25. The zero-order chi connectivity index (χ0) is 26.3. The Bertz CT molecular complexity index is 1630. The molecule has 0 aliphatic heterocycles. The SMILES string of the molecule is Cc1ccc2nc(-c3ccc(O)c(C)c3O)c(CC(c3ccccc3)c3ccc(O)c(C)c3O)nc2c1. The van der Waals surface area contributed by atoms with Gasteiger partial charge in [-0.1, -0.05) is 42.5 Å². The molecular formula is C31H28N2O4. The van der Waals surface area contributed by atoms with Crippen molar-refractivity contribution in [3.8, 4) is 34.3 Å². The van der Waals surface area contributed by atoms with Crippen molar-refractivity contribution in [2.45, 2.75) is 33.1 Å². The summed E-state index contributed by atoms with van der Waals surface area (Å²) in [7, 11) is 0. The highest BCUT2D eigenvalue weighted by Crippen LogP contribution is 2.42. The van der Waals surface area contributed by atoms with E-state index >= 15 is 0 Å². The number of nitrogens with zero attached hydrogens (tertiary/aromatic N) is 2. The molecule has 0 radical (unpaired) electrons. The van der Waals surface area contributed by atoms with E-state index in [1.165, 1.54) is 0 Å². The number of aromatic nitrogens is 2. The third kappa shape index (κ3) is 4.42. The largest absolute Gasteiger partial charge is 0.508 e. The van der Waals surface area contributed by atoms with E-state index in [4.69, 9.17) is 9.97 Å². The van der Waals surface area contributed by atoms with Crippen LogP contribution in [0.1, 0.15) is 39.4 Å². The van der Waals surface area contributed by atoms with Crippen LogP contribution in [0.25, 0.3) is 22.3 Å². The lowest BCUT2D eigenvalue weighted by Crippen LogP contribution is -2.10. The van der Waals surface area contributed by atoms with E-state index in [0.717, 1.165) is 16.6 Å². The van der Waals surface area contributed by atoms with E-state index in [1.54, 1.807) is 38.1 Å². The highest BCUT2D eigenvalue weighted by molar-refractivity contribution is 5.81. The average molecular weight is 493 g/mol. The maximum Gasteiger partial charge on any atom is 0.131 e. The fourth-order valence-corrected chi connectivity index (χ4v) is 4.72. The van der Waals surface area contributed by atoms with Crippen LogP contribution in [-0.4, -0.2) is 30.4 Å². The first-order valence-corrected chi connectivity index (χ1v) is 12.1. The zero-order valence-electron chi connectivity index (χ0n) is 20.9. The molecule has 0 spiro atoms. The third-order valence-corrected chi connectivity index (χ3v) is 6.96. The summed E-state index contributed by atoms with van der Waals surface area (Å²) in [5.41, 5.74) is 6.47. The van der Waals surface area contributed by atoms with Gasteiger partial charge in [-0.15, -0.1) is 0 Å². The first-order chi connectivity index (χ1) is 17.7. The van der Waals surface area contributed by atoms with E-state index in [0.29, 0.717) is 45.6 Å². The molecule has 0 bridgehead atoms. The number of hydrogen-bond donors (Lipinski definition) is 4. The van der Waals surface area contributed by atoms with Crippen molar-refractivity contribution >= 4 is 11.0 Å². The second-order valence-electron chi connectivity index (χ2n) is 9.43. The third-order valence-electron chi connectivity index (χ3n) is 6.96. The number of fused-ring (bicyclic) bond motifs is 1. The smallest absolute Gasteiger partial charge is 0.131 e. The fraction of sp³-hybridized carbons (Fsp3) is 0.161. The molecule has 1 atom stereocenters. The number of rotatable bonds is 5. The van der Waals surface area contributed by atoms with Crippen molar-refractivity contribution in [1.82, 2.24) is 9.97 Å². The van der Waals surface area contributed by atoms with Crippen LogP contribution >= 0.6 is 0 Å². The molecule has 6 nitrogen and oxygen atoms in total. The van der Waals surface area contributed by atoms with Gasteiger partial charge in [-0.2, -0.15) is 0 Å². The Morgan fingerprint density at radius 3 is 2.08 bits per heavy atom. The molecular weight excluding hydrogens is 464 g/mol. The summed E-state index contributed by atoms with van der Waals surface area (Å²) in [6.45, 7) is 5.32. The van der Waals surface area contributed by atoms with Crippen LogP contribution in [0.4, 0.5) is 0 Å². The van der Waals surface area contributed by atoms with Crippen LogP contribution < -0.4 is 0 Å². The van der Waals surface area contributed by atoms with Gasteiger partial charge in [-0.25, -0.2) is 9.97 Å². The minimum Gasteiger partial charge on any atom is -0.508 e. The second kappa shape index (κ2) is 9.47. The van der Waals surface area contributed by atoms with Crippen molar-refractivity contribution in [3.05, 3.63) is 106 Å². The molecule has 0 amide bonds. The van der Waals surface area contributed by atoms with Crippen molar-refractivity contribution in [2.24, 2.45) is 0 Å². The molecule has 1 unspecified atom stereocenters. The van der Waals surface area contributed by atoms with Gasteiger partial charge < -0.3 is 20.4 Å². The minimum absolute atomic E-state index is 0.00109. The molecule has 0 saturated heterocycles. The summed E-state index contributed by atoms with van der Waals surface area (Å²) in [5, 5.41) is 42.3. The van der Waals surface area contributed by atoms with Crippen LogP contribution in [0.15, 0.2) is 72.8 Å². The molecule has 0 aliphatic carbocycles. The molecule has 4 N–H and O–H groups in total. The first-order valence-electron chi connectivity index (χ1n) is 12.1. The molecule has 0 aliphatic rings. The van der Waals surface area contributed by atoms with Crippen LogP contribution in [-0.2, 0) is 6.42 Å². The zero-order valence-corrected chi connectivity index (χ0v) is 20.9. The maximum atomic E-state index is 11.0. The molecule has 4 aromatic carbocycles. The maximum absolute atomic E-state index is 11.0. The quantitative estimate of drug-likeness (QED) is 0.226. The monoisotopic (exact) mass is 492 g/mol. The Labute approximate surface area is 215 Å². The van der Waals surface area contributed by atoms with E-state index in [9.17, 15) is 20.4 Å². The van der Waals surface area contributed by atoms with Crippen LogP contribution in [0.3, 0.4) is 0 Å². The number of aryl methyl sites for hydroxylation is 1. The predicted molar refractivity (Wildman–Crippen MR) is 144 cm³/mol. The minimum atomic E-state index is -0.309. The number of phenolic OH excluding ortho intramolecular Hbond substituents is 4. The van der Waals surface area contributed by atoms with E-state index in [2.05, 4.69) is 0 Å². The van der Waals surface area contributed by atoms with Crippen LogP contribution in [0.2, 0.25) is 0 Å². The summed E-state index contributed by atoms with van der Waals surface area (Å²) in [6.07, 6.45) is 0.368. The summed E-state index contributed by atoms with van der Waals surface area (Å²) in [4.78, 5) is 9.90. The Kier molecular flexibility index (Phi) is 6.17. The van der Waals surface area contributed by atoms with Gasteiger partial charge in [0.05, 0.1) is 22.4 Å². The van der Waals surface area contributed by atoms with E-state index in [-0.39, 0.29) is 28.9 Å². The topological polar surface area (TPSA) is 107 Å². The summed E-state index contributed by atoms with van der Waals surface area (Å²) in [5.74, 6) is -0.306. The summed E-state index contributed by atoms with van der Waals surface area (Å²) >= 11 is 0. The molecule has 0 fully saturated rings. The van der Waals surface area contributed by atoms with Gasteiger partial charge >= 0.3 is 0 Å². The molecule has 186 valence electrons. The highest BCUT2D eigenvalue weighted by atomic mass is 16.3. The van der Waals surface area contributed by atoms with Crippen molar-refractivity contribution in [1.29, 1.82) is 0 Å². The number of phenols is 4. The summed E-state index contributed by atoms with van der Waals surface area (Å²) < 4.78 is 0. The average Bonchev–Trinajstić information content (AvgIpc) is 2.90. The lowest BCUT2D eigenvalue weighted by Gasteiger charge is -2.22. The van der Waals surface area contributed by atoms with Gasteiger partial charge in [0.1, 0.15) is 23.0 Å². The van der Waals surface area contributed by atoms with Crippen LogP contribution in [0, 0.1) is 20.8 Å². The molecule has 6 heteroatoms. The molecule has 1 aromatic heterocycles. The van der Waals surface area contributed by atoms with Gasteiger partial charge in [-0.05, 0) is 62.2 Å². The van der Waals surface area contributed by atoms with E-state index < -0.39 is 0 Å². The van der Waals surface area contributed by atoms with Crippen molar-refractivity contribution in [2.75, 3.05) is 0 Å². The van der Waals surface area contributed by atoms with Gasteiger partial charge in [0, 0.05) is 34.6 Å². The molecule has 1 heterocycles. The predicted octanol–water partition coefficient (Wildman–Crippen LogP) is 6.42. The fourth-order valence-electron chi connectivity index (χ4n) is 4.72. The van der Waals surface area contributed by atoms with Gasteiger partial charge in [0.15, 0.2) is 0 Å². The molecule has 0 saturated carbocycles. The van der Waals surface area contributed by atoms with Crippen molar-refractivity contribution < 1.29 is 20.4 Å². The van der Waals surface area contributed by atoms with Crippen LogP contribution in [0.5, 0.6) is 23.0 Å². The van der Waals surface area contributed by atoms with Gasteiger partial charge in [0.2, 0.25) is 0 Å². The number of aromatic hydroxyl groups is 4. The van der Waals surface area contributed by atoms with E-state index in [1.807, 2.05) is 55.5 Å². The standard InChI is InChI=1S/C31H28N2O4/c1-17-9-12-24-25(15-17)32-26(29(33-24)22-11-14-28(35)19(3)31(22)37)16-23(20-7-5-4-6-8-20)21-10-13-27(34)18(2)30(21)36/h4-15,23,34-37H,16H2,1-3H3. The first kappa shape index (κ1) is 24.1. The lowest BCUT2D eigenvalue weighted by molar-refractivity contribution is 0.436. The van der Waals surface area contributed by atoms with Gasteiger partial charge in [0.25, 0.3) is 0 Å². The molecule has 5 rings (SSSR count). The normalized spacial score (nSPS) is 12.1. The Morgan fingerprint density at radius 2 is 1.35 bits per heavy atom. The molecule has 5 aromatic rings. The van der Waals surface area contributed by atoms with Crippen molar-refractivity contribution in [3.63, 3.8) is 0 Å². The second-order valence-corrected chi connectivity index (χ2v) is 9.43. The Morgan fingerprint density at radius 1 is 0.676 bits per heavy atom. The lowest BCUT2D eigenvalue weighted by atomic mass is 9.85. The Hall–Kier alpha value is -4.58. The molecule has 37 heavy (non-hydrogen) atoms. The summed E-state index contributed by atoms with van der Waals surface area (Å²) in [6, 6.07) is 22.1. The number of benzene rings is 4. The van der Waals surface area contributed by atoms with Gasteiger partial charge in [-0.3, -0.25) is 0 Å². The number of hydrogen-bond acceptors (Lipinski definition) is 6.